The molecule has 1 fully saturated rings. The summed E-state index contributed by atoms with van der Waals surface area (Å²) in [6.45, 7) is 4.55. The largest absolute Gasteiger partial charge is 0.445 e. The first-order valence-electron chi connectivity index (χ1n) is 10.9. The highest BCUT2D eigenvalue weighted by Gasteiger charge is 2.30. The van der Waals surface area contributed by atoms with Gasteiger partial charge in [0.2, 0.25) is 0 Å². The molecule has 0 radical (unpaired) electrons. The van der Waals surface area contributed by atoms with Gasteiger partial charge < -0.3 is 19.7 Å². The number of rotatable bonds is 6. The van der Waals surface area contributed by atoms with Crippen molar-refractivity contribution in [2.24, 2.45) is 0 Å². The average Bonchev–Trinajstić information content (AvgIpc) is 3.38. The standard InChI is InChI=1S/C26H30N2O3/c1-26(2,30)13-12-19-10-11-24-23(15-19)21(17-27-24)16-22-9-6-14-28(22)25(29)31-18-20-7-4-3-5-8-20/h3-5,7-8,10-13,15,17,22,27,30H,6,9,14,16,18H2,1-2H3/b13-12+/t22-/m1/s1. The van der Waals surface area contributed by atoms with Crippen molar-refractivity contribution in [3.63, 3.8) is 0 Å². The van der Waals surface area contributed by atoms with Crippen LogP contribution in [0.15, 0.2) is 60.8 Å². The number of likely N-dealkylation sites (tertiary alicyclic amines) is 1. The van der Waals surface area contributed by atoms with E-state index in [4.69, 9.17) is 4.74 Å². The molecule has 2 N–H and O–H groups in total. The average molecular weight is 419 g/mol. The predicted molar refractivity (Wildman–Crippen MR) is 124 cm³/mol. The van der Waals surface area contributed by atoms with E-state index in [0.717, 1.165) is 47.8 Å². The van der Waals surface area contributed by atoms with Crippen molar-refractivity contribution in [3.05, 3.63) is 77.5 Å². The maximum absolute atomic E-state index is 12.7. The van der Waals surface area contributed by atoms with Gasteiger partial charge in [-0.15, -0.1) is 0 Å². The number of hydrogen-bond acceptors (Lipinski definition) is 3. The summed E-state index contributed by atoms with van der Waals surface area (Å²) >= 11 is 0. The van der Waals surface area contributed by atoms with Crippen LogP contribution >= 0.6 is 0 Å². The molecule has 5 nitrogen and oxygen atoms in total. The van der Waals surface area contributed by atoms with Crippen LogP contribution in [0.25, 0.3) is 17.0 Å². The number of ether oxygens (including phenoxy) is 1. The highest BCUT2D eigenvalue weighted by molar-refractivity contribution is 5.85. The summed E-state index contributed by atoms with van der Waals surface area (Å²) in [7, 11) is 0. The van der Waals surface area contributed by atoms with Crippen LogP contribution in [-0.2, 0) is 17.8 Å². The highest BCUT2D eigenvalue weighted by Crippen LogP contribution is 2.27. The van der Waals surface area contributed by atoms with Crippen molar-refractivity contribution in [1.29, 1.82) is 0 Å². The van der Waals surface area contributed by atoms with E-state index in [-0.39, 0.29) is 12.1 Å². The fraction of sp³-hybridized carbons (Fsp3) is 0.346. The maximum Gasteiger partial charge on any atom is 0.410 e. The van der Waals surface area contributed by atoms with Gasteiger partial charge in [0.1, 0.15) is 6.61 Å². The molecule has 0 bridgehead atoms. The fourth-order valence-electron chi connectivity index (χ4n) is 4.11. The van der Waals surface area contributed by atoms with Gasteiger partial charge in [-0.3, -0.25) is 0 Å². The lowest BCUT2D eigenvalue weighted by atomic mass is 10.0. The molecule has 0 saturated carbocycles. The molecular formula is C26H30N2O3. The van der Waals surface area contributed by atoms with Crippen LogP contribution in [0.5, 0.6) is 0 Å². The van der Waals surface area contributed by atoms with Crippen LogP contribution in [-0.4, -0.2) is 39.3 Å². The number of nitrogens with zero attached hydrogens (tertiary/aromatic N) is 1. The second-order valence-electron chi connectivity index (χ2n) is 8.84. The van der Waals surface area contributed by atoms with E-state index >= 15 is 0 Å². The second-order valence-corrected chi connectivity index (χ2v) is 8.84. The molecule has 1 aromatic heterocycles. The summed E-state index contributed by atoms with van der Waals surface area (Å²) in [6.07, 6.45) is 8.30. The number of aromatic amines is 1. The highest BCUT2D eigenvalue weighted by atomic mass is 16.6. The number of carbonyl (C=O) groups is 1. The maximum atomic E-state index is 12.7. The second kappa shape index (κ2) is 8.98. The molecule has 1 amide bonds. The molecule has 1 aliphatic rings. The summed E-state index contributed by atoms with van der Waals surface area (Å²) in [6, 6.07) is 16.1. The molecule has 2 heterocycles. The lowest BCUT2D eigenvalue weighted by Gasteiger charge is -2.24. The molecule has 1 atom stereocenters. The number of fused-ring (bicyclic) bond motifs is 1. The molecule has 0 aliphatic carbocycles. The quantitative estimate of drug-likeness (QED) is 0.571. The Labute approximate surface area is 183 Å². The minimum atomic E-state index is -0.847. The number of aliphatic hydroxyl groups is 1. The monoisotopic (exact) mass is 418 g/mol. The Hall–Kier alpha value is -3.05. The summed E-state index contributed by atoms with van der Waals surface area (Å²) < 4.78 is 5.58. The van der Waals surface area contributed by atoms with Crippen molar-refractivity contribution in [2.45, 2.75) is 51.4 Å². The van der Waals surface area contributed by atoms with Crippen molar-refractivity contribution in [2.75, 3.05) is 6.54 Å². The van der Waals surface area contributed by atoms with E-state index in [1.807, 2.05) is 53.6 Å². The van der Waals surface area contributed by atoms with Gasteiger partial charge >= 0.3 is 6.09 Å². The van der Waals surface area contributed by atoms with E-state index in [9.17, 15) is 9.90 Å². The van der Waals surface area contributed by atoms with Gasteiger partial charge in [0.05, 0.1) is 5.60 Å². The number of carbonyl (C=O) groups excluding carboxylic acids is 1. The zero-order valence-corrected chi connectivity index (χ0v) is 18.2. The van der Waals surface area contributed by atoms with Crippen LogP contribution in [0, 0.1) is 0 Å². The molecule has 5 heteroatoms. The molecule has 0 spiro atoms. The molecule has 1 saturated heterocycles. The summed E-state index contributed by atoms with van der Waals surface area (Å²) in [4.78, 5) is 17.9. The SMILES string of the molecule is CC(C)(O)/C=C/c1ccc2[nH]cc(C[C@H]3CCCN3C(=O)OCc3ccccc3)c2c1. The fourth-order valence-corrected chi connectivity index (χ4v) is 4.11. The Morgan fingerprint density at radius 2 is 2.06 bits per heavy atom. The Morgan fingerprint density at radius 1 is 1.26 bits per heavy atom. The molecular weight excluding hydrogens is 388 g/mol. The van der Waals surface area contributed by atoms with E-state index < -0.39 is 5.60 Å². The molecule has 2 aromatic carbocycles. The number of benzene rings is 2. The van der Waals surface area contributed by atoms with Crippen molar-refractivity contribution in [1.82, 2.24) is 9.88 Å². The smallest absolute Gasteiger partial charge is 0.410 e. The lowest BCUT2D eigenvalue weighted by Crippen LogP contribution is -2.37. The molecule has 1 aliphatic heterocycles. The normalized spacial score (nSPS) is 17.0. The van der Waals surface area contributed by atoms with Crippen LogP contribution in [0.3, 0.4) is 0 Å². The third-order valence-electron chi connectivity index (χ3n) is 5.75. The lowest BCUT2D eigenvalue weighted by molar-refractivity contribution is 0.0921. The molecule has 31 heavy (non-hydrogen) atoms. The first-order chi connectivity index (χ1) is 14.9. The Kier molecular flexibility index (Phi) is 6.14. The van der Waals surface area contributed by atoms with E-state index in [2.05, 4.69) is 17.1 Å². The van der Waals surface area contributed by atoms with Gasteiger partial charge in [0.15, 0.2) is 0 Å². The third-order valence-corrected chi connectivity index (χ3v) is 5.75. The van der Waals surface area contributed by atoms with Crippen molar-refractivity contribution >= 4 is 23.1 Å². The Bertz CT molecular complexity index is 1060. The zero-order chi connectivity index (χ0) is 21.8. The van der Waals surface area contributed by atoms with Crippen LogP contribution in [0.2, 0.25) is 0 Å². The minimum absolute atomic E-state index is 0.137. The molecule has 4 rings (SSSR count). The van der Waals surface area contributed by atoms with Crippen molar-refractivity contribution < 1.29 is 14.6 Å². The van der Waals surface area contributed by atoms with E-state index in [1.54, 1.807) is 19.9 Å². The Balaban J connectivity index is 1.46. The number of hydrogen-bond donors (Lipinski definition) is 2. The van der Waals surface area contributed by atoms with Gasteiger partial charge in [-0.05, 0) is 61.9 Å². The number of H-pyrrole nitrogens is 1. The number of amides is 1. The Morgan fingerprint density at radius 3 is 2.84 bits per heavy atom. The zero-order valence-electron chi connectivity index (χ0n) is 18.2. The van der Waals surface area contributed by atoms with Gasteiger partial charge in [0, 0.05) is 29.7 Å². The van der Waals surface area contributed by atoms with Crippen LogP contribution < -0.4 is 0 Å². The van der Waals surface area contributed by atoms with Crippen LogP contribution in [0.1, 0.15) is 43.4 Å². The predicted octanol–water partition coefficient (Wildman–Crippen LogP) is 5.30. The molecule has 0 unspecified atom stereocenters. The number of nitrogens with one attached hydrogen (secondary N) is 1. The number of aromatic nitrogens is 1. The molecule has 162 valence electrons. The third kappa shape index (κ3) is 5.36. The van der Waals surface area contributed by atoms with E-state index in [0.29, 0.717) is 6.61 Å². The van der Waals surface area contributed by atoms with E-state index in [1.165, 1.54) is 5.56 Å². The molecule has 3 aromatic rings. The van der Waals surface area contributed by atoms with Crippen molar-refractivity contribution in [3.8, 4) is 0 Å². The summed E-state index contributed by atoms with van der Waals surface area (Å²) in [5, 5.41) is 11.1. The first-order valence-corrected chi connectivity index (χ1v) is 10.9. The topological polar surface area (TPSA) is 65.6 Å². The van der Waals surface area contributed by atoms with Gasteiger partial charge in [-0.2, -0.15) is 0 Å². The minimum Gasteiger partial charge on any atom is -0.445 e. The first kappa shape index (κ1) is 21.2. The summed E-state index contributed by atoms with van der Waals surface area (Å²) in [5.41, 5.74) is 3.46. The van der Waals surface area contributed by atoms with Gasteiger partial charge in [-0.25, -0.2) is 4.79 Å². The summed E-state index contributed by atoms with van der Waals surface area (Å²) in [5.74, 6) is 0. The van der Waals surface area contributed by atoms with Crippen LogP contribution in [0.4, 0.5) is 4.79 Å². The van der Waals surface area contributed by atoms with Gasteiger partial charge in [0.25, 0.3) is 0 Å². The van der Waals surface area contributed by atoms with Gasteiger partial charge in [-0.1, -0.05) is 48.6 Å².